The second kappa shape index (κ2) is 4.76. The summed E-state index contributed by atoms with van der Waals surface area (Å²) in [7, 11) is -1.68. The first kappa shape index (κ1) is 12.9. The topological polar surface area (TPSA) is 71.1 Å². The lowest BCUT2D eigenvalue weighted by atomic mass is 9.96. The molecule has 3 rings (SSSR count). The quantitative estimate of drug-likeness (QED) is 0.879. The number of anilines is 1. The number of hydrogen-bond acceptors (Lipinski definition) is 4. The average molecular weight is 281 g/mol. The molecule has 1 aromatic heterocycles. The molecule has 2 aliphatic rings. The van der Waals surface area contributed by atoms with Crippen molar-refractivity contribution in [2.24, 2.45) is 11.8 Å². The van der Waals surface area contributed by atoms with Crippen molar-refractivity contribution in [1.82, 2.24) is 9.71 Å². The van der Waals surface area contributed by atoms with Gasteiger partial charge in [-0.05, 0) is 43.2 Å². The third-order valence-corrected chi connectivity index (χ3v) is 5.82. The van der Waals surface area contributed by atoms with Crippen molar-refractivity contribution in [1.29, 1.82) is 0 Å². The van der Waals surface area contributed by atoms with E-state index >= 15 is 0 Å². The Hall–Kier alpha value is -1.14. The van der Waals surface area contributed by atoms with Crippen LogP contribution in [0.4, 0.5) is 5.82 Å². The molecule has 2 fully saturated rings. The van der Waals surface area contributed by atoms with Crippen molar-refractivity contribution in [3.05, 3.63) is 18.3 Å². The summed E-state index contributed by atoms with van der Waals surface area (Å²) in [6.45, 7) is 0. The molecule has 3 unspecified atom stereocenters. The molecule has 0 spiro atoms. The third-order valence-electron chi connectivity index (χ3n) is 4.35. The predicted octanol–water partition coefficient (Wildman–Crippen LogP) is 1.59. The highest BCUT2D eigenvalue weighted by atomic mass is 32.2. The molecule has 0 aliphatic heterocycles. The summed E-state index contributed by atoms with van der Waals surface area (Å²) in [6, 6.07) is 3.39. The van der Waals surface area contributed by atoms with Crippen LogP contribution >= 0.6 is 0 Å². The van der Waals surface area contributed by atoms with Gasteiger partial charge in [-0.25, -0.2) is 18.1 Å². The van der Waals surface area contributed by atoms with Crippen LogP contribution in [0, 0.1) is 11.8 Å². The second-order valence-electron chi connectivity index (χ2n) is 5.53. The normalized spacial score (nSPS) is 29.6. The summed E-state index contributed by atoms with van der Waals surface area (Å²) in [5, 5.41) is 2.87. The van der Waals surface area contributed by atoms with E-state index < -0.39 is 10.0 Å². The lowest BCUT2D eigenvalue weighted by Gasteiger charge is -2.22. The number of aromatic nitrogens is 1. The fraction of sp³-hybridized carbons (Fsp3) is 0.615. The molecule has 2 bridgehead atoms. The molecule has 0 amide bonds. The van der Waals surface area contributed by atoms with E-state index in [1.165, 1.54) is 19.0 Å². The van der Waals surface area contributed by atoms with E-state index in [4.69, 9.17) is 0 Å². The van der Waals surface area contributed by atoms with Crippen molar-refractivity contribution >= 4 is 15.8 Å². The molecule has 0 radical (unpaired) electrons. The molecule has 3 atom stereocenters. The van der Waals surface area contributed by atoms with Gasteiger partial charge >= 0.3 is 0 Å². The number of sulfonamides is 1. The van der Waals surface area contributed by atoms with Crippen LogP contribution < -0.4 is 10.0 Å². The van der Waals surface area contributed by atoms with Crippen LogP contribution in [0.2, 0.25) is 0 Å². The van der Waals surface area contributed by atoms with E-state index in [0.29, 0.717) is 11.7 Å². The Labute approximate surface area is 113 Å². The first-order chi connectivity index (χ1) is 9.08. The molecule has 104 valence electrons. The van der Waals surface area contributed by atoms with Crippen molar-refractivity contribution < 1.29 is 8.42 Å². The van der Waals surface area contributed by atoms with Gasteiger partial charge in [0.05, 0.1) is 0 Å². The lowest BCUT2D eigenvalue weighted by Crippen LogP contribution is -2.38. The Kier molecular flexibility index (Phi) is 3.22. The van der Waals surface area contributed by atoms with Crippen LogP contribution in [0.25, 0.3) is 0 Å². The predicted molar refractivity (Wildman–Crippen MR) is 73.3 cm³/mol. The second-order valence-corrected chi connectivity index (χ2v) is 7.25. The zero-order valence-corrected chi connectivity index (χ0v) is 11.8. The number of nitrogens with zero attached hydrogens (tertiary/aromatic N) is 1. The van der Waals surface area contributed by atoms with E-state index in [1.807, 2.05) is 0 Å². The van der Waals surface area contributed by atoms with E-state index in [9.17, 15) is 8.42 Å². The Bertz CT molecular complexity index is 556. The summed E-state index contributed by atoms with van der Waals surface area (Å²) < 4.78 is 27.4. The molecule has 2 N–H and O–H groups in total. The van der Waals surface area contributed by atoms with Gasteiger partial charge in [-0.3, -0.25) is 0 Å². The zero-order valence-electron chi connectivity index (χ0n) is 11.0. The molecule has 0 saturated heterocycles. The van der Waals surface area contributed by atoms with Crippen LogP contribution in [0.1, 0.15) is 25.7 Å². The number of pyridine rings is 1. The molecular formula is C13H19N3O2S. The van der Waals surface area contributed by atoms with Gasteiger partial charge in [0, 0.05) is 19.3 Å². The molecule has 1 aromatic rings. The summed E-state index contributed by atoms with van der Waals surface area (Å²) >= 11 is 0. The Morgan fingerprint density at radius 1 is 1.26 bits per heavy atom. The van der Waals surface area contributed by atoms with Crippen LogP contribution in [-0.4, -0.2) is 26.5 Å². The zero-order chi connectivity index (χ0) is 13.5. The Morgan fingerprint density at radius 3 is 2.63 bits per heavy atom. The SMILES string of the molecule is CNc1ccc(S(=O)(=O)NC2CC3CCC2C3)cn1. The summed E-state index contributed by atoms with van der Waals surface area (Å²) in [4.78, 5) is 4.30. The first-order valence-corrected chi connectivity index (χ1v) is 8.23. The van der Waals surface area contributed by atoms with Crippen LogP contribution in [0.3, 0.4) is 0 Å². The van der Waals surface area contributed by atoms with Gasteiger partial charge in [-0.15, -0.1) is 0 Å². The Morgan fingerprint density at radius 2 is 2.11 bits per heavy atom. The maximum absolute atomic E-state index is 12.3. The largest absolute Gasteiger partial charge is 0.373 e. The highest BCUT2D eigenvalue weighted by molar-refractivity contribution is 7.89. The van der Waals surface area contributed by atoms with Crippen LogP contribution in [0.5, 0.6) is 0 Å². The van der Waals surface area contributed by atoms with Crippen molar-refractivity contribution in [2.45, 2.75) is 36.6 Å². The van der Waals surface area contributed by atoms with Gasteiger partial charge in [0.2, 0.25) is 10.0 Å². The lowest BCUT2D eigenvalue weighted by molar-refractivity contribution is 0.390. The van der Waals surface area contributed by atoms with Crippen molar-refractivity contribution in [3.8, 4) is 0 Å². The maximum atomic E-state index is 12.3. The monoisotopic (exact) mass is 281 g/mol. The molecule has 2 saturated carbocycles. The minimum Gasteiger partial charge on any atom is -0.373 e. The van der Waals surface area contributed by atoms with Crippen LogP contribution in [-0.2, 0) is 10.0 Å². The Balaban J connectivity index is 1.75. The summed E-state index contributed by atoms with van der Waals surface area (Å²) in [5.41, 5.74) is 0. The molecule has 2 aliphatic carbocycles. The van der Waals surface area contributed by atoms with Gasteiger partial charge in [-0.2, -0.15) is 0 Å². The molecule has 5 nitrogen and oxygen atoms in total. The molecular weight excluding hydrogens is 262 g/mol. The maximum Gasteiger partial charge on any atom is 0.242 e. The van der Waals surface area contributed by atoms with E-state index in [-0.39, 0.29) is 10.9 Å². The molecule has 19 heavy (non-hydrogen) atoms. The smallest absolute Gasteiger partial charge is 0.242 e. The summed E-state index contributed by atoms with van der Waals surface area (Å²) in [5.74, 6) is 1.92. The number of nitrogens with one attached hydrogen (secondary N) is 2. The van der Waals surface area contributed by atoms with Gasteiger partial charge in [0.1, 0.15) is 10.7 Å². The minimum absolute atomic E-state index is 0.118. The number of hydrogen-bond donors (Lipinski definition) is 2. The van der Waals surface area contributed by atoms with Gasteiger partial charge in [-0.1, -0.05) is 6.42 Å². The average Bonchev–Trinajstić information content (AvgIpc) is 3.00. The highest BCUT2D eigenvalue weighted by Gasteiger charge is 2.41. The van der Waals surface area contributed by atoms with Crippen molar-refractivity contribution in [3.63, 3.8) is 0 Å². The van der Waals surface area contributed by atoms with E-state index in [1.54, 1.807) is 19.2 Å². The van der Waals surface area contributed by atoms with Gasteiger partial charge < -0.3 is 5.32 Å². The standard InChI is InChI=1S/C13H19N3O2S/c1-14-13-5-4-11(8-15-13)19(17,18)16-12-7-9-2-3-10(12)6-9/h4-5,8-10,12,16H,2-3,6-7H2,1H3,(H,14,15). The molecule has 1 heterocycles. The first-order valence-electron chi connectivity index (χ1n) is 6.74. The molecule has 6 heteroatoms. The van der Waals surface area contributed by atoms with Gasteiger partial charge in [0.15, 0.2) is 0 Å². The van der Waals surface area contributed by atoms with E-state index in [2.05, 4.69) is 15.0 Å². The fourth-order valence-corrected chi connectivity index (χ4v) is 4.61. The third kappa shape index (κ3) is 2.47. The van der Waals surface area contributed by atoms with E-state index in [0.717, 1.165) is 18.8 Å². The number of rotatable bonds is 4. The fourth-order valence-electron chi connectivity index (χ4n) is 3.34. The molecule has 0 aromatic carbocycles. The summed E-state index contributed by atoms with van der Waals surface area (Å²) in [6.07, 6.45) is 6.01. The van der Waals surface area contributed by atoms with Crippen LogP contribution in [0.15, 0.2) is 23.2 Å². The highest BCUT2D eigenvalue weighted by Crippen LogP contribution is 2.44. The van der Waals surface area contributed by atoms with Crippen molar-refractivity contribution in [2.75, 3.05) is 12.4 Å². The minimum atomic E-state index is -3.43. The van der Waals surface area contributed by atoms with Gasteiger partial charge in [0.25, 0.3) is 0 Å². The number of fused-ring (bicyclic) bond motifs is 2.